The zero-order valence-electron chi connectivity index (χ0n) is 24.1. The Labute approximate surface area is 250 Å². The Bertz CT molecular complexity index is 1480. The minimum atomic E-state index is -4.07. The van der Waals surface area contributed by atoms with Crippen molar-refractivity contribution in [1.29, 1.82) is 0 Å². The number of anilines is 3. The van der Waals surface area contributed by atoms with Gasteiger partial charge < -0.3 is 25.0 Å². The third-order valence-corrected chi connectivity index (χ3v) is 8.46. The highest BCUT2D eigenvalue weighted by atomic mass is 35.5. The van der Waals surface area contributed by atoms with Crippen molar-refractivity contribution >= 4 is 51.1 Å². The van der Waals surface area contributed by atoms with E-state index < -0.39 is 28.1 Å². The first-order valence-electron chi connectivity index (χ1n) is 13.3. The number of amides is 1. The summed E-state index contributed by atoms with van der Waals surface area (Å²) in [5.41, 5.74) is 0.737. The van der Waals surface area contributed by atoms with Gasteiger partial charge in [0.1, 0.15) is 17.5 Å². The number of halogens is 1. The van der Waals surface area contributed by atoms with Crippen LogP contribution in [0.3, 0.4) is 0 Å². The summed E-state index contributed by atoms with van der Waals surface area (Å²) < 4.78 is 33.7. The lowest BCUT2D eigenvalue weighted by Crippen LogP contribution is -2.36. The molecule has 12 nitrogen and oxygen atoms in total. The standard InChI is InChI=1S/C28H35ClN6O6S/c1-6-34(7-2)27-30-18-24(35(8-3)42(39,40)22-15-11-20(29)12-16-22)25(32-27)31-23(26(36)37)17-19-9-13-21(14-10-19)41-28(38)33(4)5/h9-16,18,23H,6-8,17H2,1-5H3,(H,36,37)(H,30,31,32)/t23-/m0/s1. The fraction of sp³-hybridized carbons (Fsp3) is 0.357. The molecular weight excluding hydrogens is 584 g/mol. The van der Waals surface area contributed by atoms with E-state index in [0.29, 0.717) is 35.4 Å². The van der Waals surface area contributed by atoms with Crippen molar-refractivity contribution in [3.05, 3.63) is 65.3 Å². The topological polar surface area (TPSA) is 145 Å². The fourth-order valence-corrected chi connectivity index (χ4v) is 5.60. The minimum Gasteiger partial charge on any atom is -0.480 e. The molecular formula is C28H35ClN6O6S. The average Bonchev–Trinajstić information content (AvgIpc) is 2.95. The Hall–Kier alpha value is -4.10. The van der Waals surface area contributed by atoms with Gasteiger partial charge in [-0.1, -0.05) is 23.7 Å². The summed E-state index contributed by atoms with van der Waals surface area (Å²) in [5, 5.41) is 13.5. The highest BCUT2D eigenvalue weighted by molar-refractivity contribution is 7.92. The molecule has 0 bridgehead atoms. The van der Waals surface area contributed by atoms with Crippen molar-refractivity contribution in [3.8, 4) is 5.75 Å². The van der Waals surface area contributed by atoms with Gasteiger partial charge in [0.25, 0.3) is 10.0 Å². The van der Waals surface area contributed by atoms with E-state index in [-0.39, 0.29) is 29.4 Å². The number of hydrogen-bond donors (Lipinski definition) is 2. The maximum absolute atomic E-state index is 13.7. The number of carboxylic acid groups (broad SMARTS) is 1. The van der Waals surface area contributed by atoms with Crippen molar-refractivity contribution in [3.63, 3.8) is 0 Å². The Morgan fingerprint density at radius 1 is 1.00 bits per heavy atom. The molecule has 1 aromatic heterocycles. The van der Waals surface area contributed by atoms with Crippen LogP contribution in [0, 0.1) is 0 Å². The molecule has 0 saturated carbocycles. The van der Waals surface area contributed by atoms with Crippen molar-refractivity contribution in [2.45, 2.75) is 38.1 Å². The van der Waals surface area contributed by atoms with E-state index in [1.54, 1.807) is 45.3 Å². The monoisotopic (exact) mass is 618 g/mol. The number of aliphatic carboxylic acids is 1. The largest absolute Gasteiger partial charge is 0.480 e. The molecule has 0 unspecified atom stereocenters. The lowest BCUT2D eigenvalue weighted by molar-refractivity contribution is -0.137. The van der Waals surface area contributed by atoms with Crippen molar-refractivity contribution in [2.75, 3.05) is 48.3 Å². The number of carboxylic acids is 1. The normalized spacial score (nSPS) is 11.9. The predicted molar refractivity (Wildman–Crippen MR) is 162 cm³/mol. The van der Waals surface area contributed by atoms with Gasteiger partial charge in [-0.05, 0) is 62.7 Å². The Morgan fingerprint density at radius 3 is 2.14 bits per heavy atom. The molecule has 0 spiro atoms. The summed E-state index contributed by atoms with van der Waals surface area (Å²) in [4.78, 5) is 36.4. The molecule has 0 saturated heterocycles. The van der Waals surface area contributed by atoms with Gasteiger partial charge in [0, 0.05) is 45.2 Å². The molecule has 0 aliphatic rings. The second-order valence-electron chi connectivity index (χ2n) is 9.35. The lowest BCUT2D eigenvalue weighted by atomic mass is 10.1. The molecule has 0 aliphatic carbocycles. The molecule has 226 valence electrons. The van der Waals surface area contributed by atoms with Crippen molar-refractivity contribution < 1.29 is 27.9 Å². The van der Waals surface area contributed by atoms with Gasteiger partial charge in [-0.3, -0.25) is 4.31 Å². The number of nitrogens with one attached hydrogen (secondary N) is 1. The Balaban J connectivity index is 2.00. The lowest BCUT2D eigenvalue weighted by Gasteiger charge is -2.27. The summed E-state index contributed by atoms with van der Waals surface area (Å²) >= 11 is 5.97. The third kappa shape index (κ3) is 7.79. The molecule has 1 atom stereocenters. The number of sulfonamides is 1. The molecule has 0 radical (unpaired) electrons. The van der Waals surface area contributed by atoms with E-state index in [2.05, 4.69) is 15.3 Å². The number of rotatable bonds is 13. The van der Waals surface area contributed by atoms with Gasteiger partial charge in [0.2, 0.25) is 5.95 Å². The third-order valence-electron chi connectivity index (χ3n) is 6.30. The van der Waals surface area contributed by atoms with E-state index in [1.807, 2.05) is 18.7 Å². The van der Waals surface area contributed by atoms with Crippen LogP contribution >= 0.6 is 11.6 Å². The van der Waals surface area contributed by atoms with Gasteiger partial charge in [0.05, 0.1) is 11.1 Å². The first kappa shape index (κ1) is 32.4. The molecule has 14 heteroatoms. The number of nitrogens with zero attached hydrogens (tertiary/aromatic N) is 5. The first-order chi connectivity index (χ1) is 19.9. The number of benzene rings is 2. The van der Waals surface area contributed by atoms with E-state index >= 15 is 0 Å². The van der Waals surface area contributed by atoms with Crippen LogP contribution in [0.2, 0.25) is 5.02 Å². The number of carbonyl (C=O) groups excluding carboxylic acids is 1. The Morgan fingerprint density at radius 2 is 1.62 bits per heavy atom. The molecule has 1 amide bonds. The van der Waals surface area contributed by atoms with Crippen LogP contribution in [0.1, 0.15) is 26.3 Å². The maximum atomic E-state index is 13.7. The number of ether oxygens (including phenoxy) is 1. The summed E-state index contributed by atoms with van der Waals surface area (Å²) in [7, 11) is -0.949. The molecule has 3 rings (SSSR count). The molecule has 42 heavy (non-hydrogen) atoms. The van der Waals surface area contributed by atoms with Crippen molar-refractivity contribution in [2.24, 2.45) is 0 Å². The highest BCUT2D eigenvalue weighted by Gasteiger charge is 2.29. The van der Waals surface area contributed by atoms with E-state index in [4.69, 9.17) is 16.3 Å². The molecule has 3 aromatic rings. The second kappa shape index (κ2) is 14.2. The van der Waals surface area contributed by atoms with Crippen LogP contribution in [0.4, 0.5) is 22.2 Å². The van der Waals surface area contributed by atoms with Crippen LogP contribution in [0.15, 0.2) is 59.6 Å². The molecule has 0 aliphatic heterocycles. The molecule has 1 heterocycles. The van der Waals surface area contributed by atoms with Crippen LogP contribution in [0.5, 0.6) is 5.75 Å². The highest BCUT2D eigenvalue weighted by Crippen LogP contribution is 2.31. The average molecular weight is 619 g/mol. The quantitative estimate of drug-likeness (QED) is 0.283. The zero-order chi connectivity index (χ0) is 31.0. The van der Waals surface area contributed by atoms with Crippen molar-refractivity contribution in [1.82, 2.24) is 14.9 Å². The van der Waals surface area contributed by atoms with Gasteiger partial charge in [0.15, 0.2) is 5.82 Å². The zero-order valence-corrected chi connectivity index (χ0v) is 25.7. The van der Waals surface area contributed by atoms with E-state index in [1.165, 1.54) is 35.4 Å². The summed E-state index contributed by atoms with van der Waals surface area (Å²) in [6, 6.07) is 11.0. The first-order valence-corrected chi connectivity index (χ1v) is 15.1. The second-order valence-corrected chi connectivity index (χ2v) is 11.6. The molecule has 0 fully saturated rings. The number of carbonyl (C=O) groups is 2. The fourth-order valence-electron chi connectivity index (χ4n) is 4.00. The Kier molecular flexibility index (Phi) is 10.9. The predicted octanol–water partition coefficient (Wildman–Crippen LogP) is 4.36. The maximum Gasteiger partial charge on any atom is 0.414 e. The molecule has 2 aromatic carbocycles. The summed E-state index contributed by atoms with van der Waals surface area (Å²) in [5.74, 6) is -0.487. The van der Waals surface area contributed by atoms with Gasteiger partial charge >= 0.3 is 12.1 Å². The van der Waals surface area contributed by atoms with Crippen LogP contribution < -0.4 is 19.3 Å². The van der Waals surface area contributed by atoms with E-state index in [0.717, 1.165) is 4.31 Å². The minimum absolute atomic E-state index is 0.0114. The molecule has 2 N–H and O–H groups in total. The summed E-state index contributed by atoms with van der Waals surface area (Å²) in [6.45, 7) is 6.72. The smallest absolute Gasteiger partial charge is 0.414 e. The van der Waals surface area contributed by atoms with Gasteiger partial charge in [-0.15, -0.1) is 0 Å². The SMILES string of the molecule is CCN(CC)c1ncc(N(CC)S(=O)(=O)c2ccc(Cl)cc2)c(N[C@@H](Cc2ccc(OC(=O)N(C)C)cc2)C(=O)O)n1. The number of aromatic nitrogens is 2. The van der Waals surface area contributed by atoms with Gasteiger partial charge in [-0.25, -0.2) is 23.0 Å². The van der Waals surface area contributed by atoms with Crippen LogP contribution in [-0.2, 0) is 21.2 Å². The summed E-state index contributed by atoms with van der Waals surface area (Å²) in [6.07, 6.45) is 0.867. The van der Waals surface area contributed by atoms with Crippen LogP contribution in [-0.4, -0.2) is 80.2 Å². The van der Waals surface area contributed by atoms with E-state index in [9.17, 15) is 23.1 Å². The number of hydrogen-bond acceptors (Lipinski definition) is 9. The van der Waals surface area contributed by atoms with Crippen LogP contribution in [0.25, 0.3) is 0 Å². The van der Waals surface area contributed by atoms with Gasteiger partial charge in [-0.2, -0.15) is 4.98 Å².